The highest BCUT2D eigenvalue weighted by Crippen LogP contribution is 2.20. The van der Waals surface area contributed by atoms with Crippen molar-refractivity contribution in [2.45, 2.75) is 20.4 Å². The molecule has 1 aromatic heterocycles. The van der Waals surface area contributed by atoms with Gasteiger partial charge in [-0.2, -0.15) is 5.10 Å². The molecule has 0 aliphatic carbocycles. The molecule has 0 unspecified atom stereocenters. The Labute approximate surface area is 156 Å². The van der Waals surface area contributed by atoms with E-state index in [2.05, 4.69) is 10.4 Å². The molecule has 138 valence electrons. The number of rotatable bonds is 4. The molecule has 7 nitrogen and oxygen atoms in total. The van der Waals surface area contributed by atoms with Crippen LogP contribution in [0.2, 0.25) is 5.02 Å². The molecule has 3 rings (SSSR count). The van der Waals surface area contributed by atoms with E-state index in [0.29, 0.717) is 48.4 Å². The van der Waals surface area contributed by atoms with Gasteiger partial charge in [0, 0.05) is 23.8 Å². The van der Waals surface area contributed by atoms with Gasteiger partial charge in [0.1, 0.15) is 12.2 Å². The molecule has 1 saturated heterocycles. The molecule has 8 heteroatoms. The maximum absolute atomic E-state index is 12.7. The highest BCUT2D eigenvalue weighted by Gasteiger charge is 2.23. The zero-order valence-corrected chi connectivity index (χ0v) is 15.5. The molecule has 2 aromatic rings. The van der Waals surface area contributed by atoms with Crippen molar-refractivity contribution in [1.82, 2.24) is 14.7 Å². The number of halogens is 1. The van der Waals surface area contributed by atoms with Crippen LogP contribution in [0.3, 0.4) is 0 Å². The fraction of sp³-hybridized carbons (Fsp3) is 0.389. The Morgan fingerprint density at radius 2 is 1.96 bits per heavy atom. The van der Waals surface area contributed by atoms with Crippen LogP contribution in [-0.2, 0) is 16.1 Å². The van der Waals surface area contributed by atoms with Crippen LogP contribution in [0.5, 0.6) is 0 Å². The number of anilines is 1. The molecule has 1 fully saturated rings. The lowest BCUT2D eigenvalue weighted by Crippen LogP contribution is -2.41. The largest absolute Gasteiger partial charge is 0.378 e. The third-order valence-electron chi connectivity index (χ3n) is 4.17. The second-order valence-corrected chi connectivity index (χ2v) is 6.65. The number of hydrogen-bond donors (Lipinski definition) is 1. The van der Waals surface area contributed by atoms with E-state index in [1.54, 1.807) is 30.0 Å². The van der Waals surface area contributed by atoms with Crippen molar-refractivity contribution in [2.75, 3.05) is 31.6 Å². The van der Waals surface area contributed by atoms with Crippen LogP contribution in [0.1, 0.15) is 21.7 Å². The average Bonchev–Trinajstić information content (AvgIpc) is 2.98. The van der Waals surface area contributed by atoms with Gasteiger partial charge in [-0.25, -0.2) is 0 Å². The maximum Gasteiger partial charge on any atom is 0.272 e. The zero-order chi connectivity index (χ0) is 18.7. The summed E-state index contributed by atoms with van der Waals surface area (Å²) in [5, 5.41) is 7.66. The second kappa shape index (κ2) is 7.88. The Hall–Kier alpha value is -2.38. The van der Waals surface area contributed by atoms with E-state index in [0.717, 1.165) is 5.56 Å². The van der Waals surface area contributed by atoms with Crippen molar-refractivity contribution in [3.8, 4) is 0 Å². The monoisotopic (exact) mass is 376 g/mol. The molecule has 2 amide bonds. The van der Waals surface area contributed by atoms with Gasteiger partial charge in [-0.3, -0.25) is 14.3 Å². The molecule has 0 radical (unpaired) electrons. The van der Waals surface area contributed by atoms with Gasteiger partial charge in [-0.1, -0.05) is 17.7 Å². The predicted molar refractivity (Wildman–Crippen MR) is 98.5 cm³/mol. The number of ether oxygens (including phenoxy) is 1. The van der Waals surface area contributed by atoms with Gasteiger partial charge in [0.25, 0.3) is 5.91 Å². The summed E-state index contributed by atoms with van der Waals surface area (Å²) in [5.74, 6) is -0.413. The number of nitrogens with zero attached hydrogens (tertiary/aromatic N) is 3. The van der Waals surface area contributed by atoms with Crippen molar-refractivity contribution < 1.29 is 14.3 Å². The minimum absolute atomic E-state index is 0.0508. The van der Waals surface area contributed by atoms with Crippen molar-refractivity contribution in [2.24, 2.45) is 0 Å². The van der Waals surface area contributed by atoms with E-state index in [-0.39, 0.29) is 18.4 Å². The molecule has 0 atom stereocenters. The predicted octanol–water partition coefficient (Wildman–Crippen LogP) is 2.26. The average molecular weight is 377 g/mol. The first-order chi connectivity index (χ1) is 12.4. The van der Waals surface area contributed by atoms with Crippen LogP contribution in [-0.4, -0.2) is 52.8 Å². The lowest BCUT2D eigenvalue weighted by atomic mass is 10.2. The Balaban J connectivity index is 1.71. The fourth-order valence-corrected chi connectivity index (χ4v) is 2.95. The highest BCUT2D eigenvalue weighted by atomic mass is 35.5. The highest BCUT2D eigenvalue weighted by molar-refractivity contribution is 6.31. The van der Waals surface area contributed by atoms with Crippen LogP contribution < -0.4 is 5.32 Å². The number of amides is 2. The van der Waals surface area contributed by atoms with Gasteiger partial charge in [0.2, 0.25) is 5.91 Å². The van der Waals surface area contributed by atoms with Gasteiger partial charge < -0.3 is 15.0 Å². The Bertz CT molecular complexity index is 828. The van der Waals surface area contributed by atoms with Crippen LogP contribution in [0, 0.1) is 13.8 Å². The molecule has 1 N–H and O–H groups in total. The van der Waals surface area contributed by atoms with E-state index < -0.39 is 0 Å². The summed E-state index contributed by atoms with van der Waals surface area (Å²) < 4.78 is 6.72. The third kappa shape index (κ3) is 4.23. The zero-order valence-electron chi connectivity index (χ0n) is 14.8. The Kier molecular flexibility index (Phi) is 5.58. The second-order valence-electron chi connectivity index (χ2n) is 6.25. The van der Waals surface area contributed by atoms with E-state index in [1.807, 2.05) is 13.0 Å². The molecular weight excluding hydrogens is 356 g/mol. The summed E-state index contributed by atoms with van der Waals surface area (Å²) >= 11 is 6.08. The summed E-state index contributed by atoms with van der Waals surface area (Å²) in [4.78, 5) is 26.8. The van der Waals surface area contributed by atoms with Crippen molar-refractivity contribution in [1.29, 1.82) is 0 Å². The standard InChI is InChI=1S/C18H21ClN4O3/c1-12-3-4-14(10-15(12)19)20-17(24)11-23-16(9-13(2)21-23)18(25)22-5-7-26-8-6-22/h3-4,9-10H,5-8,11H2,1-2H3,(H,20,24). The van der Waals surface area contributed by atoms with E-state index in [1.165, 1.54) is 4.68 Å². The SMILES string of the molecule is Cc1cc(C(=O)N2CCOCC2)n(CC(=O)Nc2ccc(C)c(Cl)c2)n1. The number of aryl methyl sites for hydroxylation is 2. The van der Waals surface area contributed by atoms with Crippen molar-refractivity contribution in [3.05, 3.63) is 46.2 Å². The topological polar surface area (TPSA) is 76.5 Å². The maximum atomic E-state index is 12.7. The van der Waals surface area contributed by atoms with Gasteiger partial charge in [-0.05, 0) is 37.6 Å². The number of benzene rings is 1. The first-order valence-electron chi connectivity index (χ1n) is 8.41. The number of carbonyl (C=O) groups is 2. The van der Waals surface area contributed by atoms with Gasteiger partial charge >= 0.3 is 0 Å². The third-order valence-corrected chi connectivity index (χ3v) is 4.58. The van der Waals surface area contributed by atoms with Crippen molar-refractivity contribution in [3.63, 3.8) is 0 Å². The number of morpholine rings is 1. The number of hydrogen-bond acceptors (Lipinski definition) is 4. The van der Waals surface area contributed by atoms with Crippen molar-refractivity contribution >= 4 is 29.1 Å². The summed E-state index contributed by atoms with van der Waals surface area (Å²) in [6, 6.07) is 7.02. The van der Waals surface area contributed by atoms with Gasteiger partial charge in [0.15, 0.2) is 0 Å². The Morgan fingerprint density at radius 3 is 2.65 bits per heavy atom. The molecule has 0 spiro atoms. The number of nitrogens with one attached hydrogen (secondary N) is 1. The minimum atomic E-state index is -0.274. The van der Waals surface area contributed by atoms with Crippen LogP contribution in [0.25, 0.3) is 0 Å². The first-order valence-corrected chi connectivity index (χ1v) is 8.79. The quantitative estimate of drug-likeness (QED) is 0.888. The molecule has 1 aliphatic rings. The molecule has 2 heterocycles. The summed E-state index contributed by atoms with van der Waals surface area (Å²) in [7, 11) is 0. The first kappa shape index (κ1) is 18.4. The van der Waals surface area contributed by atoms with Crippen LogP contribution >= 0.6 is 11.6 Å². The van der Waals surface area contributed by atoms with E-state index in [9.17, 15) is 9.59 Å². The molecule has 26 heavy (non-hydrogen) atoms. The summed E-state index contributed by atoms with van der Waals surface area (Å²) in [6.07, 6.45) is 0. The Morgan fingerprint density at radius 1 is 1.23 bits per heavy atom. The van der Waals surface area contributed by atoms with Gasteiger partial charge in [0.05, 0.1) is 18.9 Å². The lowest BCUT2D eigenvalue weighted by molar-refractivity contribution is -0.116. The number of carbonyl (C=O) groups excluding carboxylic acids is 2. The molecular formula is C18H21ClN4O3. The molecule has 1 aromatic carbocycles. The summed E-state index contributed by atoms with van der Waals surface area (Å²) in [6.45, 7) is 5.76. The molecule has 0 bridgehead atoms. The van der Waals surface area contributed by atoms with Gasteiger partial charge in [-0.15, -0.1) is 0 Å². The summed E-state index contributed by atoms with van der Waals surface area (Å²) in [5.41, 5.74) is 2.63. The number of aromatic nitrogens is 2. The lowest BCUT2D eigenvalue weighted by Gasteiger charge is -2.26. The van der Waals surface area contributed by atoms with E-state index >= 15 is 0 Å². The van der Waals surface area contributed by atoms with E-state index in [4.69, 9.17) is 16.3 Å². The normalized spacial score (nSPS) is 14.3. The fourth-order valence-electron chi connectivity index (χ4n) is 2.77. The van der Waals surface area contributed by atoms with Crippen LogP contribution in [0.15, 0.2) is 24.3 Å². The minimum Gasteiger partial charge on any atom is -0.378 e. The molecule has 1 aliphatic heterocycles. The smallest absolute Gasteiger partial charge is 0.272 e. The van der Waals surface area contributed by atoms with Crippen LogP contribution in [0.4, 0.5) is 5.69 Å². The molecule has 0 saturated carbocycles.